The van der Waals surface area contributed by atoms with Crippen LogP contribution < -0.4 is 15.0 Å². The zero-order valence-corrected chi connectivity index (χ0v) is 21.7. The molecule has 6 heterocycles. The Morgan fingerprint density at radius 1 is 1.18 bits per heavy atom. The van der Waals surface area contributed by atoms with E-state index in [0.717, 1.165) is 41.7 Å². The minimum Gasteiger partial charge on any atom is -0.489 e. The molecule has 10 heteroatoms. The van der Waals surface area contributed by atoms with E-state index in [0.29, 0.717) is 34.7 Å². The van der Waals surface area contributed by atoms with Crippen LogP contribution in [0.4, 0.5) is 11.6 Å². The van der Waals surface area contributed by atoms with Crippen molar-refractivity contribution in [2.75, 3.05) is 29.9 Å². The second-order valence-corrected chi connectivity index (χ2v) is 10.9. The average Bonchev–Trinajstić information content (AvgIpc) is 3.33. The van der Waals surface area contributed by atoms with Gasteiger partial charge in [-0.25, -0.2) is 19.5 Å². The summed E-state index contributed by atoms with van der Waals surface area (Å²) in [5, 5.41) is 27.7. The van der Waals surface area contributed by atoms with Crippen LogP contribution in [-0.2, 0) is 0 Å². The van der Waals surface area contributed by atoms with Gasteiger partial charge in [0, 0.05) is 42.7 Å². The molecule has 0 aromatic carbocycles. The van der Waals surface area contributed by atoms with Crippen molar-refractivity contribution in [3.05, 3.63) is 60.4 Å². The van der Waals surface area contributed by atoms with Crippen LogP contribution in [0.1, 0.15) is 31.7 Å². The number of pyridine rings is 2. The summed E-state index contributed by atoms with van der Waals surface area (Å²) in [6.07, 6.45) is 8.12. The van der Waals surface area contributed by atoms with Crippen LogP contribution in [0.5, 0.6) is 5.75 Å². The molecule has 0 radical (unpaired) electrons. The van der Waals surface area contributed by atoms with Gasteiger partial charge in [0.2, 0.25) is 0 Å². The van der Waals surface area contributed by atoms with E-state index in [1.165, 1.54) is 6.42 Å². The fourth-order valence-corrected chi connectivity index (χ4v) is 5.49. The molecule has 10 nitrogen and oxygen atoms in total. The molecule has 2 aliphatic heterocycles. The lowest BCUT2D eigenvalue weighted by Crippen LogP contribution is -2.61. The summed E-state index contributed by atoms with van der Waals surface area (Å²) in [7, 11) is 0. The summed E-state index contributed by atoms with van der Waals surface area (Å²) in [5.41, 5.74) is 1.87. The number of aliphatic hydroxyl groups is 1. The van der Waals surface area contributed by atoms with Crippen molar-refractivity contribution in [3.8, 4) is 22.9 Å². The molecule has 4 aromatic rings. The second-order valence-electron chi connectivity index (χ2n) is 10.9. The van der Waals surface area contributed by atoms with Gasteiger partial charge in [0.15, 0.2) is 0 Å². The minimum absolute atomic E-state index is 0.130. The normalized spacial score (nSPS) is 20.6. The first-order valence-corrected chi connectivity index (χ1v) is 12.8. The molecule has 4 aromatic heterocycles. The standard InChI is InChI=1S/C28H30N8O2/c1-17-30-7-6-24(33-17)34-26-19-8-20(26)14-35(13-19)25-5-4-18(11-31-25)23-9-22(38-16-28(2,3)37)15-36-27(23)21(10-29)12-32-36/h4-7,9,11-12,15,19-20,26,37H,8,13-14,16H2,1-3H3,(H,30,33,34). The fourth-order valence-electron chi connectivity index (χ4n) is 5.49. The smallest absolute Gasteiger partial charge is 0.138 e. The van der Waals surface area contributed by atoms with E-state index >= 15 is 0 Å². The number of nitrogens with zero attached hydrogens (tertiary/aromatic N) is 7. The highest BCUT2D eigenvalue weighted by Crippen LogP contribution is 2.43. The molecule has 1 saturated carbocycles. The van der Waals surface area contributed by atoms with Crippen LogP contribution in [0.15, 0.2) is 49.1 Å². The number of aromatic nitrogens is 5. The summed E-state index contributed by atoms with van der Waals surface area (Å²) in [6.45, 7) is 7.30. The Morgan fingerprint density at radius 3 is 2.68 bits per heavy atom. The van der Waals surface area contributed by atoms with Crippen LogP contribution in [0.3, 0.4) is 0 Å². The van der Waals surface area contributed by atoms with Crippen molar-refractivity contribution in [3.63, 3.8) is 0 Å². The Hall–Kier alpha value is -4.23. The van der Waals surface area contributed by atoms with E-state index in [2.05, 4.69) is 31.4 Å². The SMILES string of the molecule is Cc1nccc(NC2C3CC2CN(c2ccc(-c4cc(OCC(C)(C)O)cn5ncc(C#N)c45)cn2)C3)n1. The maximum atomic E-state index is 10.1. The van der Waals surface area contributed by atoms with Crippen molar-refractivity contribution in [1.82, 2.24) is 24.6 Å². The Morgan fingerprint density at radius 2 is 2.00 bits per heavy atom. The van der Waals surface area contributed by atoms with Gasteiger partial charge in [-0.3, -0.25) is 0 Å². The van der Waals surface area contributed by atoms with Gasteiger partial charge in [0.25, 0.3) is 0 Å². The third-order valence-corrected chi connectivity index (χ3v) is 7.30. The Balaban J connectivity index is 1.21. The molecule has 3 aliphatic rings. The molecular formula is C28H30N8O2. The summed E-state index contributed by atoms with van der Waals surface area (Å²) < 4.78 is 7.49. The highest BCUT2D eigenvalue weighted by atomic mass is 16.5. The second kappa shape index (κ2) is 9.26. The zero-order valence-electron chi connectivity index (χ0n) is 21.7. The molecule has 7 rings (SSSR count). The van der Waals surface area contributed by atoms with Gasteiger partial charge in [0.05, 0.1) is 29.1 Å². The van der Waals surface area contributed by atoms with Crippen molar-refractivity contribution in [2.24, 2.45) is 11.8 Å². The predicted molar refractivity (Wildman–Crippen MR) is 143 cm³/mol. The van der Waals surface area contributed by atoms with E-state index in [4.69, 9.17) is 9.72 Å². The van der Waals surface area contributed by atoms with Gasteiger partial charge in [-0.1, -0.05) is 0 Å². The number of nitriles is 1. The third kappa shape index (κ3) is 4.61. The molecule has 0 spiro atoms. The number of piperidine rings is 2. The molecule has 3 fully saturated rings. The Kier molecular flexibility index (Phi) is 5.88. The average molecular weight is 511 g/mol. The van der Waals surface area contributed by atoms with Crippen LogP contribution in [0.25, 0.3) is 16.6 Å². The minimum atomic E-state index is -0.975. The van der Waals surface area contributed by atoms with Crippen LogP contribution in [-0.4, -0.2) is 61.0 Å². The molecule has 0 amide bonds. The molecule has 2 atom stereocenters. The third-order valence-electron chi connectivity index (χ3n) is 7.30. The Bertz CT molecular complexity index is 1510. The topological polar surface area (TPSA) is 124 Å². The quantitative estimate of drug-likeness (QED) is 0.385. The van der Waals surface area contributed by atoms with E-state index in [9.17, 15) is 10.4 Å². The first-order valence-electron chi connectivity index (χ1n) is 12.8. The van der Waals surface area contributed by atoms with Gasteiger partial charge in [0.1, 0.15) is 35.9 Å². The zero-order chi connectivity index (χ0) is 26.4. The van der Waals surface area contributed by atoms with E-state index in [1.54, 1.807) is 37.0 Å². The van der Waals surface area contributed by atoms with Crippen LogP contribution in [0, 0.1) is 30.1 Å². The Labute approximate surface area is 220 Å². The highest BCUT2D eigenvalue weighted by Gasteiger charge is 2.47. The maximum absolute atomic E-state index is 10.1. The fraction of sp³-hybridized carbons (Fsp3) is 0.393. The summed E-state index contributed by atoms with van der Waals surface area (Å²) >= 11 is 0. The van der Waals surface area contributed by atoms with E-state index < -0.39 is 5.60 Å². The lowest BCUT2D eigenvalue weighted by Gasteiger charge is -2.54. The summed E-state index contributed by atoms with van der Waals surface area (Å²) in [6, 6.07) is 10.5. The number of rotatable bonds is 7. The number of ether oxygens (including phenoxy) is 1. The van der Waals surface area contributed by atoms with Crippen molar-refractivity contribution < 1.29 is 9.84 Å². The number of anilines is 2. The van der Waals surface area contributed by atoms with Gasteiger partial charge in [-0.15, -0.1) is 0 Å². The van der Waals surface area contributed by atoms with Crippen molar-refractivity contribution >= 4 is 17.2 Å². The molecule has 2 saturated heterocycles. The predicted octanol–water partition coefficient (Wildman–Crippen LogP) is 3.45. The monoisotopic (exact) mass is 510 g/mol. The molecule has 2 unspecified atom stereocenters. The number of fused-ring (bicyclic) bond motifs is 3. The molecule has 194 valence electrons. The highest BCUT2D eigenvalue weighted by molar-refractivity contribution is 5.85. The molecule has 38 heavy (non-hydrogen) atoms. The lowest BCUT2D eigenvalue weighted by molar-refractivity contribution is 0.0283. The number of aryl methyl sites for hydroxylation is 1. The first-order chi connectivity index (χ1) is 18.3. The number of hydrogen-bond acceptors (Lipinski definition) is 9. The summed E-state index contributed by atoms with van der Waals surface area (Å²) in [4.78, 5) is 15.8. The van der Waals surface area contributed by atoms with Gasteiger partial charge in [-0.2, -0.15) is 10.4 Å². The van der Waals surface area contributed by atoms with E-state index in [-0.39, 0.29) is 6.61 Å². The molecule has 2 bridgehead atoms. The van der Waals surface area contributed by atoms with Gasteiger partial charge in [-0.05, 0) is 63.3 Å². The van der Waals surface area contributed by atoms with Crippen molar-refractivity contribution in [1.29, 1.82) is 5.26 Å². The number of hydrogen-bond donors (Lipinski definition) is 2. The maximum Gasteiger partial charge on any atom is 0.138 e. The molecule has 1 aliphatic carbocycles. The number of nitrogens with one attached hydrogen (secondary N) is 1. The first kappa shape index (κ1) is 24.1. The largest absolute Gasteiger partial charge is 0.489 e. The van der Waals surface area contributed by atoms with E-state index in [1.807, 2.05) is 37.4 Å². The molecule has 2 N–H and O–H groups in total. The van der Waals surface area contributed by atoms with Crippen molar-refractivity contribution in [2.45, 2.75) is 38.8 Å². The van der Waals surface area contributed by atoms with Crippen LogP contribution >= 0.6 is 0 Å². The van der Waals surface area contributed by atoms with Gasteiger partial charge < -0.3 is 20.1 Å². The van der Waals surface area contributed by atoms with Gasteiger partial charge >= 0.3 is 0 Å². The molecular weight excluding hydrogens is 480 g/mol. The van der Waals surface area contributed by atoms with Crippen LogP contribution in [0.2, 0.25) is 0 Å². The summed E-state index contributed by atoms with van der Waals surface area (Å²) in [5.74, 6) is 4.25. The lowest BCUT2D eigenvalue weighted by atomic mass is 9.66.